The molecule has 9 heteroatoms. The Labute approximate surface area is 180 Å². The zero-order chi connectivity index (χ0) is 23.2. The van der Waals surface area contributed by atoms with Gasteiger partial charge in [-0.05, 0) is 54.7 Å². The maximum absolute atomic E-state index is 12.9. The number of ether oxygens (including phenoxy) is 2. The fourth-order valence-corrected chi connectivity index (χ4v) is 4.70. The summed E-state index contributed by atoms with van der Waals surface area (Å²) in [5, 5.41) is 0. The molecule has 2 aromatic rings. The highest BCUT2D eigenvalue weighted by Crippen LogP contribution is 2.54. The van der Waals surface area contributed by atoms with Crippen molar-refractivity contribution < 1.29 is 40.6 Å². The Morgan fingerprint density at radius 1 is 0.750 bits per heavy atom. The van der Waals surface area contributed by atoms with Crippen LogP contribution in [0.2, 0.25) is 0 Å². The minimum atomic E-state index is -4.46. The normalized spacial score (nSPS) is 23.0. The smallest absolute Gasteiger partial charge is 0.416 e. The van der Waals surface area contributed by atoms with E-state index in [9.17, 15) is 31.1 Å². The van der Waals surface area contributed by atoms with Gasteiger partial charge in [0, 0.05) is 11.8 Å². The first-order valence-corrected chi connectivity index (χ1v) is 10.1. The summed E-state index contributed by atoms with van der Waals surface area (Å²) >= 11 is 0. The van der Waals surface area contributed by atoms with E-state index in [1.165, 1.54) is 24.3 Å². The van der Waals surface area contributed by atoms with Gasteiger partial charge in [-0.3, -0.25) is 4.79 Å². The highest BCUT2D eigenvalue weighted by Gasteiger charge is 2.61. The number of carbonyl (C=O) groups excluding carboxylic acids is 1. The molecule has 2 fully saturated rings. The van der Waals surface area contributed by atoms with Crippen LogP contribution in [0.3, 0.4) is 0 Å². The number of esters is 1. The molecule has 2 aliphatic heterocycles. The fourth-order valence-electron chi connectivity index (χ4n) is 4.70. The van der Waals surface area contributed by atoms with Crippen molar-refractivity contribution in [1.29, 1.82) is 0 Å². The molecule has 0 N–H and O–H groups in total. The van der Waals surface area contributed by atoms with E-state index in [0.29, 0.717) is 17.5 Å². The zero-order valence-corrected chi connectivity index (χ0v) is 16.9. The summed E-state index contributed by atoms with van der Waals surface area (Å²) in [6.45, 7) is 0.272. The Morgan fingerprint density at radius 2 is 1.22 bits per heavy atom. The number of benzene rings is 2. The van der Waals surface area contributed by atoms with Crippen molar-refractivity contribution in [2.45, 2.75) is 50.2 Å². The van der Waals surface area contributed by atoms with Crippen LogP contribution in [0, 0.1) is 5.41 Å². The van der Waals surface area contributed by atoms with Crippen molar-refractivity contribution in [2.24, 2.45) is 5.41 Å². The summed E-state index contributed by atoms with van der Waals surface area (Å²) in [4.78, 5) is 12.0. The Bertz CT molecular complexity index is 919. The monoisotopic (exact) mass is 458 g/mol. The lowest BCUT2D eigenvalue weighted by molar-refractivity contribution is -0.230. The minimum Gasteiger partial charge on any atom is -0.432 e. The Hall–Kier alpha value is -2.55. The lowest BCUT2D eigenvalue weighted by Crippen LogP contribution is -2.48. The molecule has 0 bridgehead atoms. The third-order valence-electron chi connectivity index (χ3n) is 6.31. The quantitative estimate of drug-likeness (QED) is 0.420. The molecule has 1 spiro atoms. The van der Waals surface area contributed by atoms with Crippen LogP contribution in [0.1, 0.15) is 41.5 Å². The van der Waals surface area contributed by atoms with Gasteiger partial charge in [0.05, 0.1) is 24.2 Å². The molecule has 0 aromatic heterocycles. The molecule has 0 saturated carbocycles. The maximum Gasteiger partial charge on any atom is 0.416 e. The number of hydrogen-bond donors (Lipinski definition) is 0. The average molecular weight is 458 g/mol. The first-order valence-electron chi connectivity index (χ1n) is 10.1. The van der Waals surface area contributed by atoms with Gasteiger partial charge in [-0.25, -0.2) is 0 Å². The number of hydrogen-bond acceptors (Lipinski definition) is 3. The summed E-state index contributed by atoms with van der Waals surface area (Å²) in [7, 11) is 0. The molecule has 3 nitrogen and oxygen atoms in total. The lowest BCUT2D eigenvalue weighted by atomic mass is 9.68. The van der Waals surface area contributed by atoms with Crippen LogP contribution in [0.5, 0.6) is 0 Å². The first kappa shape index (κ1) is 22.6. The van der Waals surface area contributed by atoms with Crippen LogP contribution < -0.4 is 0 Å². The van der Waals surface area contributed by atoms with E-state index in [1.54, 1.807) is 0 Å². The van der Waals surface area contributed by atoms with Gasteiger partial charge >= 0.3 is 18.3 Å². The molecule has 2 aromatic carbocycles. The third-order valence-corrected chi connectivity index (χ3v) is 6.31. The van der Waals surface area contributed by atoms with Gasteiger partial charge in [-0.2, -0.15) is 26.3 Å². The Balaban J connectivity index is 1.67. The van der Waals surface area contributed by atoms with E-state index in [-0.39, 0.29) is 32.3 Å². The largest absolute Gasteiger partial charge is 0.432 e. The SMILES string of the molecule is O=C1CC[C@]2(OCCC2(Cc2ccc(C(F)(F)F)cc2)Cc2ccc(C(F)(F)F)cc2)O1. The van der Waals surface area contributed by atoms with Gasteiger partial charge in [0.15, 0.2) is 0 Å². The fraction of sp³-hybridized carbons (Fsp3) is 0.435. The summed E-state index contributed by atoms with van der Waals surface area (Å²) < 4.78 is 89.1. The number of alkyl halides is 6. The lowest BCUT2D eigenvalue weighted by Gasteiger charge is -2.41. The van der Waals surface area contributed by atoms with E-state index in [4.69, 9.17) is 9.47 Å². The van der Waals surface area contributed by atoms with Gasteiger partial charge in [0.2, 0.25) is 5.79 Å². The van der Waals surface area contributed by atoms with Crippen LogP contribution in [-0.2, 0) is 39.5 Å². The Morgan fingerprint density at radius 3 is 1.59 bits per heavy atom. The average Bonchev–Trinajstić information content (AvgIpc) is 3.24. The molecular weight excluding hydrogens is 438 g/mol. The van der Waals surface area contributed by atoms with Gasteiger partial charge in [-0.15, -0.1) is 0 Å². The molecule has 0 aliphatic carbocycles. The molecule has 0 unspecified atom stereocenters. The van der Waals surface area contributed by atoms with Crippen molar-refractivity contribution in [3.8, 4) is 0 Å². The van der Waals surface area contributed by atoms with Crippen molar-refractivity contribution in [1.82, 2.24) is 0 Å². The second-order valence-corrected chi connectivity index (χ2v) is 8.35. The van der Waals surface area contributed by atoms with Crippen LogP contribution in [0.4, 0.5) is 26.3 Å². The van der Waals surface area contributed by atoms with Gasteiger partial charge in [0.1, 0.15) is 0 Å². The molecular formula is C23H20F6O3. The predicted octanol–water partition coefficient (Wildman–Crippen LogP) is 5.95. The highest BCUT2D eigenvalue weighted by molar-refractivity contribution is 5.72. The molecule has 2 saturated heterocycles. The summed E-state index contributed by atoms with van der Waals surface area (Å²) in [5.74, 6) is -1.69. The summed E-state index contributed by atoms with van der Waals surface area (Å²) in [5.41, 5.74) is -1.18. The number of rotatable bonds is 4. The van der Waals surface area contributed by atoms with Crippen LogP contribution in [0.15, 0.2) is 48.5 Å². The zero-order valence-electron chi connectivity index (χ0n) is 16.9. The Kier molecular flexibility index (Phi) is 5.51. The molecule has 0 radical (unpaired) electrons. The van der Waals surface area contributed by atoms with Crippen molar-refractivity contribution in [3.63, 3.8) is 0 Å². The molecule has 0 amide bonds. The van der Waals surface area contributed by atoms with Crippen molar-refractivity contribution in [2.75, 3.05) is 6.61 Å². The van der Waals surface area contributed by atoms with Gasteiger partial charge in [0.25, 0.3) is 0 Å². The van der Waals surface area contributed by atoms with Crippen LogP contribution in [0.25, 0.3) is 0 Å². The molecule has 2 heterocycles. The van der Waals surface area contributed by atoms with E-state index in [2.05, 4.69) is 0 Å². The number of halogens is 6. The standard InChI is InChI=1S/C23H20F6O3/c24-22(25,26)17-5-1-15(2-6-17)13-20(11-12-31-21(20)10-9-19(30)32-21)14-16-3-7-18(8-4-16)23(27,28)29/h1-8H,9-14H2/t21-/m0/s1. The second-order valence-electron chi connectivity index (χ2n) is 8.35. The highest BCUT2D eigenvalue weighted by atomic mass is 19.4. The molecule has 2 aliphatic rings. The van der Waals surface area contributed by atoms with E-state index >= 15 is 0 Å². The molecule has 4 rings (SSSR count). The van der Waals surface area contributed by atoms with Crippen molar-refractivity contribution in [3.05, 3.63) is 70.8 Å². The van der Waals surface area contributed by atoms with E-state index in [1.807, 2.05) is 0 Å². The molecule has 32 heavy (non-hydrogen) atoms. The second kappa shape index (κ2) is 7.79. The maximum atomic E-state index is 12.9. The van der Waals surface area contributed by atoms with E-state index < -0.39 is 40.7 Å². The minimum absolute atomic E-state index is 0.141. The molecule has 1 atom stereocenters. The number of carbonyl (C=O) groups is 1. The first-order chi connectivity index (χ1) is 14.9. The predicted molar refractivity (Wildman–Crippen MR) is 101 cm³/mol. The third kappa shape index (κ3) is 4.22. The van der Waals surface area contributed by atoms with Crippen LogP contribution >= 0.6 is 0 Å². The van der Waals surface area contributed by atoms with Crippen molar-refractivity contribution >= 4 is 5.97 Å². The van der Waals surface area contributed by atoms with Crippen LogP contribution in [-0.4, -0.2) is 18.4 Å². The summed E-state index contributed by atoms with van der Waals surface area (Å²) in [6, 6.07) is 9.46. The molecule has 172 valence electrons. The van der Waals surface area contributed by atoms with Gasteiger partial charge < -0.3 is 9.47 Å². The topological polar surface area (TPSA) is 35.5 Å². The van der Waals surface area contributed by atoms with E-state index in [0.717, 1.165) is 24.3 Å². The van der Waals surface area contributed by atoms with Gasteiger partial charge in [-0.1, -0.05) is 24.3 Å². The summed E-state index contributed by atoms with van der Waals surface area (Å²) in [6.07, 6.45) is -7.56.